The van der Waals surface area contributed by atoms with Crippen LogP contribution in [0.5, 0.6) is 0 Å². The van der Waals surface area contributed by atoms with E-state index >= 15 is 0 Å². The second-order valence-corrected chi connectivity index (χ2v) is 2.62. The third-order valence-electron chi connectivity index (χ3n) is 0.934. The van der Waals surface area contributed by atoms with Crippen LogP contribution < -0.4 is 10.6 Å². The van der Waals surface area contributed by atoms with E-state index in [9.17, 15) is 4.79 Å². The van der Waals surface area contributed by atoms with Gasteiger partial charge in [0.05, 0.1) is 13.2 Å². The van der Waals surface area contributed by atoms with Gasteiger partial charge in [0, 0.05) is 0 Å². The number of nitrogen functional groups attached to an aromatic ring is 1. The number of aromatic nitrogens is 2. The van der Waals surface area contributed by atoms with Crippen molar-refractivity contribution in [1.82, 2.24) is 9.78 Å². The SMILES string of the molecule is Nc1nn(CCO)c(=O)s1. The van der Waals surface area contributed by atoms with Gasteiger partial charge in [-0.3, -0.25) is 4.79 Å². The van der Waals surface area contributed by atoms with Crippen LogP contribution in [0.1, 0.15) is 0 Å². The van der Waals surface area contributed by atoms with Crippen molar-refractivity contribution >= 4 is 16.5 Å². The molecule has 0 aliphatic heterocycles. The molecule has 1 rings (SSSR count). The highest BCUT2D eigenvalue weighted by molar-refractivity contribution is 7.12. The van der Waals surface area contributed by atoms with Gasteiger partial charge in [-0.2, -0.15) is 0 Å². The van der Waals surface area contributed by atoms with E-state index in [0.29, 0.717) is 0 Å². The van der Waals surface area contributed by atoms with E-state index in [1.54, 1.807) is 0 Å². The Morgan fingerprint density at radius 1 is 1.80 bits per heavy atom. The van der Waals surface area contributed by atoms with Crippen LogP contribution in [0.4, 0.5) is 5.13 Å². The quantitative estimate of drug-likeness (QED) is 0.575. The molecule has 0 unspecified atom stereocenters. The Kier molecular flexibility index (Phi) is 2.03. The summed E-state index contributed by atoms with van der Waals surface area (Å²) in [5.74, 6) is 0. The molecule has 5 nitrogen and oxygen atoms in total. The molecule has 0 spiro atoms. The zero-order chi connectivity index (χ0) is 7.56. The number of nitrogens with two attached hydrogens (primary N) is 1. The van der Waals surface area contributed by atoms with Gasteiger partial charge in [0.1, 0.15) is 0 Å². The number of aliphatic hydroxyl groups excluding tert-OH is 1. The maximum atomic E-state index is 10.8. The van der Waals surface area contributed by atoms with Gasteiger partial charge in [0.15, 0.2) is 0 Å². The van der Waals surface area contributed by atoms with Gasteiger partial charge in [0.25, 0.3) is 0 Å². The summed E-state index contributed by atoms with van der Waals surface area (Å²) < 4.78 is 1.14. The van der Waals surface area contributed by atoms with Gasteiger partial charge < -0.3 is 10.8 Å². The average Bonchev–Trinajstić information content (AvgIpc) is 2.13. The Morgan fingerprint density at radius 3 is 2.90 bits per heavy atom. The Hall–Kier alpha value is -0.880. The standard InChI is InChI=1S/C4H7N3O2S/c5-3-6-7(1-2-8)4(9)10-3/h8H,1-2H2,(H2,5,6). The normalized spacial score (nSPS) is 10.1. The minimum Gasteiger partial charge on any atom is -0.394 e. The van der Waals surface area contributed by atoms with Crippen LogP contribution in [0.15, 0.2) is 4.79 Å². The number of nitrogens with zero attached hydrogens (tertiary/aromatic N) is 2. The molecule has 6 heteroatoms. The van der Waals surface area contributed by atoms with E-state index in [1.165, 1.54) is 0 Å². The minimum absolute atomic E-state index is 0.0942. The fourth-order valence-corrected chi connectivity index (χ4v) is 1.11. The van der Waals surface area contributed by atoms with Crippen molar-refractivity contribution in [2.75, 3.05) is 12.3 Å². The highest BCUT2D eigenvalue weighted by atomic mass is 32.1. The molecule has 0 aliphatic carbocycles. The number of hydrogen-bond acceptors (Lipinski definition) is 5. The molecule has 1 aromatic heterocycles. The van der Waals surface area contributed by atoms with Crippen molar-refractivity contribution in [3.63, 3.8) is 0 Å². The van der Waals surface area contributed by atoms with Gasteiger partial charge in [-0.1, -0.05) is 0 Å². The van der Waals surface area contributed by atoms with Gasteiger partial charge in [-0.05, 0) is 11.3 Å². The van der Waals surface area contributed by atoms with E-state index in [2.05, 4.69) is 5.10 Å². The van der Waals surface area contributed by atoms with E-state index in [0.717, 1.165) is 16.0 Å². The molecule has 0 fully saturated rings. The molecule has 0 saturated heterocycles. The molecule has 0 aliphatic rings. The number of aliphatic hydroxyl groups is 1. The van der Waals surface area contributed by atoms with E-state index < -0.39 is 0 Å². The summed E-state index contributed by atoms with van der Waals surface area (Å²) in [5, 5.41) is 12.3. The molecule has 0 radical (unpaired) electrons. The molecule has 0 saturated carbocycles. The van der Waals surface area contributed by atoms with Gasteiger partial charge >= 0.3 is 4.87 Å². The van der Waals surface area contributed by atoms with Crippen LogP contribution in [0, 0.1) is 0 Å². The monoisotopic (exact) mass is 161 g/mol. The number of hydrogen-bond donors (Lipinski definition) is 2. The number of anilines is 1. The lowest BCUT2D eigenvalue weighted by atomic mass is 10.7. The number of rotatable bonds is 2. The molecule has 1 heterocycles. The average molecular weight is 161 g/mol. The summed E-state index contributed by atoms with van der Waals surface area (Å²) in [6.07, 6.45) is 0. The molecule has 0 aromatic carbocycles. The second kappa shape index (κ2) is 2.80. The Balaban J connectivity index is 2.92. The van der Waals surface area contributed by atoms with Crippen molar-refractivity contribution in [3.05, 3.63) is 9.67 Å². The maximum Gasteiger partial charge on any atom is 0.326 e. The van der Waals surface area contributed by atoms with E-state index in [4.69, 9.17) is 10.8 Å². The zero-order valence-corrected chi connectivity index (χ0v) is 5.97. The lowest BCUT2D eigenvalue weighted by Crippen LogP contribution is -2.16. The van der Waals surface area contributed by atoms with E-state index in [-0.39, 0.29) is 23.2 Å². The topological polar surface area (TPSA) is 81.1 Å². The third-order valence-corrected chi connectivity index (χ3v) is 1.61. The van der Waals surface area contributed by atoms with Crippen molar-refractivity contribution in [2.24, 2.45) is 0 Å². The predicted octanol–water partition coefficient (Wildman–Crippen LogP) is -1.12. The van der Waals surface area contributed by atoms with Crippen LogP contribution in [-0.2, 0) is 6.54 Å². The first kappa shape index (κ1) is 7.23. The smallest absolute Gasteiger partial charge is 0.326 e. The maximum absolute atomic E-state index is 10.8. The van der Waals surface area contributed by atoms with Crippen LogP contribution in [0.25, 0.3) is 0 Å². The molecular formula is C4H7N3O2S. The van der Waals surface area contributed by atoms with Crippen LogP contribution in [-0.4, -0.2) is 21.5 Å². The first-order chi connectivity index (χ1) is 4.74. The lowest BCUT2D eigenvalue weighted by Gasteiger charge is -1.90. The molecule has 0 amide bonds. The molecule has 1 aromatic rings. The highest BCUT2D eigenvalue weighted by Crippen LogP contribution is 1.97. The summed E-state index contributed by atoms with van der Waals surface area (Å²) in [6.45, 7) is 0.121. The Morgan fingerprint density at radius 2 is 2.50 bits per heavy atom. The fraction of sp³-hybridized carbons (Fsp3) is 0.500. The summed E-state index contributed by atoms with van der Waals surface area (Å²) in [7, 11) is 0. The third kappa shape index (κ3) is 1.34. The second-order valence-electron chi connectivity index (χ2n) is 1.65. The predicted molar refractivity (Wildman–Crippen MR) is 37.9 cm³/mol. The molecule has 56 valence electrons. The lowest BCUT2D eigenvalue weighted by molar-refractivity contribution is 0.268. The van der Waals surface area contributed by atoms with Crippen LogP contribution in [0.3, 0.4) is 0 Å². The minimum atomic E-state index is -0.230. The zero-order valence-electron chi connectivity index (χ0n) is 5.15. The van der Waals surface area contributed by atoms with Crippen molar-refractivity contribution < 1.29 is 5.11 Å². The van der Waals surface area contributed by atoms with E-state index in [1.807, 2.05) is 0 Å². The molecule has 10 heavy (non-hydrogen) atoms. The highest BCUT2D eigenvalue weighted by Gasteiger charge is 1.99. The largest absolute Gasteiger partial charge is 0.394 e. The van der Waals surface area contributed by atoms with Crippen molar-refractivity contribution in [2.45, 2.75) is 6.54 Å². The van der Waals surface area contributed by atoms with Gasteiger partial charge in [-0.25, -0.2) is 4.68 Å². The van der Waals surface area contributed by atoms with Gasteiger partial charge in [-0.15, -0.1) is 5.10 Å². The van der Waals surface area contributed by atoms with Crippen molar-refractivity contribution in [3.8, 4) is 0 Å². The molecule has 3 N–H and O–H groups in total. The summed E-state index contributed by atoms with van der Waals surface area (Å²) in [5.41, 5.74) is 5.21. The van der Waals surface area contributed by atoms with Gasteiger partial charge in [0.2, 0.25) is 5.13 Å². The summed E-state index contributed by atoms with van der Waals surface area (Å²) in [4.78, 5) is 10.5. The summed E-state index contributed by atoms with van der Waals surface area (Å²) in [6, 6.07) is 0. The van der Waals surface area contributed by atoms with Crippen LogP contribution >= 0.6 is 11.3 Å². The first-order valence-corrected chi connectivity index (χ1v) is 3.50. The molecular weight excluding hydrogens is 154 g/mol. The van der Waals surface area contributed by atoms with Crippen LogP contribution in [0.2, 0.25) is 0 Å². The van der Waals surface area contributed by atoms with Crippen molar-refractivity contribution in [1.29, 1.82) is 0 Å². The molecule has 0 atom stereocenters. The fourth-order valence-electron chi connectivity index (χ4n) is 0.558. The summed E-state index contributed by atoms with van der Waals surface area (Å²) >= 11 is 0.872. The molecule has 0 bridgehead atoms. The Labute approximate surface area is 60.7 Å². The Bertz CT molecular complexity index is 266. The first-order valence-electron chi connectivity index (χ1n) is 2.68.